The van der Waals surface area contributed by atoms with Crippen molar-refractivity contribution >= 4 is 33.4 Å². The number of anilines is 1. The minimum atomic E-state index is -0.377. The summed E-state index contributed by atoms with van der Waals surface area (Å²) in [6, 6.07) is 7.23. The highest BCUT2D eigenvalue weighted by atomic mass is 79.9. The zero-order chi connectivity index (χ0) is 20.3. The Morgan fingerprint density at radius 3 is 2.57 bits per heavy atom. The summed E-state index contributed by atoms with van der Waals surface area (Å²) in [5, 5.41) is 0. The van der Waals surface area contributed by atoms with Crippen LogP contribution < -0.4 is 4.90 Å². The highest BCUT2D eigenvalue weighted by Crippen LogP contribution is 2.21. The van der Waals surface area contributed by atoms with Crippen molar-refractivity contribution in [3.05, 3.63) is 52.4 Å². The normalized spacial score (nSPS) is 15.3. The van der Waals surface area contributed by atoms with Gasteiger partial charge in [-0.1, -0.05) is 26.8 Å². The first-order valence-electron chi connectivity index (χ1n) is 9.42. The van der Waals surface area contributed by atoms with Gasteiger partial charge in [0.15, 0.2) is 0 Å². The van der Waals surface area contributed by atoms with Gasteiger partial charge < -0.3 is 9.80 Å². The van der Waals surface area contributed by atoms with Gasteiger partial charge in [-0.3, -0.25) is 14.6 Å². The van der Waals surface area contributed by atoms with Gasteiger partial charge in [-0.15, -0.1) is 0 Å². The summed E-state index contributed by atoms with van der Waals surface area (Å²) in [6.07, 6.45) is 4.06. The molecule has 0 saturated carbocycles. The van der Waals surface area contributed by atoms with Crippen LogP contribution in [0.15, 0.2) is 41.1 Å². The molecule has 0 atom stereocenters. The Morgan fingerprint density at radius 2 is 1.86 bits per heavy atom. The maximum absolute atomic E-state index is 12.8. The molecule has 1 saturated heterocycles. The van der Waals surface area contributed by atoms with E-state index in [0.717, 1.165) is 29.8 Å². The Bertz CT molecular complexity index is 879. The Morgan fingerprint density at radius 1 is 1.07 bits per heavy atom. The van der Waals surface area contributed by atoms with E-state index in [9.17, 15) is 9.59 Å². The molecule has 0 aromatic carbocycles. The predicted octanol–water partition coefficient (Wildman–Crippen LogP) is 3.55. The minimum absolute atomic E-state index is 0.157. The van der Waals surface area contributed by atoms with Crippen LogP contribution in [-0.4, -0.2) is 52.7 Å². The summed E-state index contributed by atoms with van der Waals surface area (Å²) in [5.74, 6) is 0.780. The summed E-state index contributed by atoms with van der Waals surface area (Å²) >= 11 is 3.34. The summed E-state index contributed by atoms with van der Waals surface area (Å²) in [7, 11) is 0. The Hall–Kier alpha value is -2.28. The van der Waals surface area contributed by atoms with Gasteiger partial charge >= 0.3 is 0 Å². The van der Waals surface area contributed by atoms with Gasteiger partial charge in [0.25, 0.3) is 0 Å². The minimum Gasteiger partial charge on any atom is -0.355 e. The van der Waals surface area contributed by atoms with E-state index in [1.807, 2.05) is 37.8 Å². The van der Waals surface area contributed by atoms with Crippen LogP contribution >= 0.6 is 15.9 Å². The fourth-order valence-electron chi connectivity index (χ4n) is 3.23. The van der Waals surface area contributed by atoms with E-state index < -0.39 is 0 Å². The number of pyridine rings is 2. The molecule has 6 nitrogen and oxygen atoms in total. The van der Waals surface area contributed by atoms with Crippen LogP contribution in [0.3, 0.4) is 0 Å². The third kappa shape index (κ3) is 4.76. The van der Waals surface area contributed by atoms with E-state index >= 15 is 0 Å². The first-order chi connectivity index (χ1) is 13.3. The number of hydrogen-bond donors (Lipinski definition) is 0. The molecule has 1 aliphatic rings. The second kappa shape index (κ2) is 8.39. The van der Waals surface area contributed by atoms with Crippen molar-refractivity contribution in [1.82, 2.24) is 14.9 Å². The summed E-state index contributed by atoms with van der Waals surface area (Å²) in [6.45, 7) is 8.75. The molecule has 1 amide bonds. The van der Waals surface area contributed by atoms with Gasteiger partial charge in [0.1, 0.15) is 11.5 Å². The SMILES string of the molecule is CC(C)(C)C(=O)N1CCCN(c2cccc(C(=O)c3cncc(Br)c3)n2)CC1. The molecule has 0 radical (unpaired) electrons. The number of nitrogens with zero attached hydrogens (tertiary/aromatic N) is 4. The second-order valence-corrected chi connectivity index (χ2v) is 8.90. The maximum atomic E-state index is 12.8. The van der Waals surface area contributed by atoms with E-state index in [-0.39, 0.29) is 17.1 Å². The first-order valence-corrected chi connectivity index (χ1v) is 10.2. The first kappa shape index (κ1) is 20.5. The van der Waals surface area contributed by atoms with Crippen molar-refractivity contribution in [3.8, 4) is 0 Å². The van der Waals surface area contributed by atoms with Crippen molar-refractivity contribution in [2.45, 2.75) is 27.2 Å². The van der Waals surface area contributed by atoms with Crippen molar-refractivity contribution in [1.29, 1.82) is 0 Å². The van der Waals surface area contributed by atoms with Gasteiger partial charge in [-0.05, 0) is 40.5 Å². The van der Waals surface area contributed by atoms with E-state index in [2.05, 4.69) is 30.8 Å². The number of hydrogen-bond acceptors (Lipinski definition) is 5. The molecule has 7 heteroatoms. The molecule has 3 rings (SSSR count). The van der Waals surface area contributed by atoms with Crippen LogP contribution in [0.4, 0.5) is 5.82 Å². The lowest BCUT2D eigenvalue weighted by atomic mass is 9.94. The molecular weight excluding hydrogens is 420 g/mol. The molecule has 0 N–H and O–H groups in total. The fraction of sp³-hybridized carbons (Fsp3) is 0.429. The van der Waals surface area contributed by atoms with E-state index in [0.29, 0.717) is 24.3 Å². The highest BCUT2D eigenvalue weighted by Gasteiger charge is 2.28. The molecule has 0 bridgehead atoms. The number of rotatable bonds is 3. The lowest BCUT2D eigenvalue weighted by Gasteiger charge is -2.28. The Kier molecular flexibility index (Phi) is 6.13. The van der Waals surface area contributed by atoms with Crippen molar-refractivity contribution in [2.24, 2.45) is 5.41 Å². The number of halogens is 1. The van der Waals surface area contributed by atoms with Gasteiger partial charge in [0, 0.05) is 54.0 Å². The Balaban J connectivity index is 1.75. The van der Waals surface area contributed by atoms with Crippen molar-refractivity contribution in [2.75, 3.05) is 31.1 Å². The largest absolute Gasteiger partial charge is 0.355 e. The Labute approximate surface area is 174 Å². The molecule has 148 valence electrons. The summed E-state index contributed by atoms with van der Waals surface area (Å²) in [5.41, 5.74) is 0.513. The number of ketones is 1. The zero-order valence-electron chi connectivity index (χ0n) is 16.5. The van der Waals surface area contributed by atoms with Crippen LogP contribution in [0.1, 0.15) is 43.2 Å². The van der Waals surface area contributed by atoms with Crippen LogP contribution in [-0.2, 0) is 4.79 Å². The third-order valence-corrected chi connectivity index (χ3v) is 5.12. The van der Waals surface area contributed by atoms with Gasteiger partial charge in [0.2, 0.25) is 11.7 Å². The average molecular weight is 445 g/mol. The zero-order valence-corrected chi connectivity index (χ0v) is 18.1. The van der Waals surface area contributed by atoms with Crippen LogP contribution in [0.2, 0.25) is 0 Å². The molecule has 3 heterocycles. The van der Waals surface area contributed by atoms with Crippen LogP contribution in [0.25, 0.3) is 0 Å². The number of aromatic nitrogens is 2. The lowest BCUT2D eigenvalue weighted by Crippen LogP contribution is -2.41. The quantitative estimate of drug-likeness (QED) is 0.677. The van der Waals surface area contributed by atoms with Crippen LogP contribution in [0, 0.1) is 5.41 Å². The molecule has 2 aromatic heterocycles. The highest BCUT2D eigenvalue weighted by molar-refractivity contribution is 9.10. The van der Waals surface area contributed by atoms with E-state index in [1.54, 1.807) is 24.5 Å². The lowest BCUT2D eigenvalue weighted by molar-refractivity contribution is -0.139. The molecule has 0 aliphatic carbocycles. The molecule has 0 spiro atoms. The predicted molar refractivity (Wildman–Crippen MR) is 112 cm³/mol. The topological polar surface area (TPSA) is 66.4 Å². The maximum Gasteiger partial charge on any atom is 0.228 e. The van der Waals surface area contributed by atoms with Crippen molar-refractivity contribution in [3.63, 3.8) is 0 Å². The third-order valence-electron chi connectivity index (χ3n) is 4.68. The van der Waals surface area contributed by atoms with E-state index in [4.69, 9.17) is 0 Å². The molecule has 1 fully saturated rings. The summed E-state index contributed by atoms with van der Waals surface area (Å²) in [4.78, 5) is 38.1. The van der Waals surface area contributed by atoms with Crippen molar-refractivity contribution < 1.29 is 9.59 Å². The molecular formula is C21H25BrN4O2. The molecule has 2 aromatic rings. The smallest absolute Gasteiger partial charge is 0.228 e. The van der Waals surface area contributed by atoms with Gasteiger partial charge in [-0.25, -0.2) is 4.98 Å². The van der Waals surface area contributed by atoms with Gasteiger partial charge in [-0.2, -0.15) is 0 Å². The monoisotopic (exact) mass is 444 g/mol. The number of carbonyl (C=O) groups is 2. The fourth-order valence-corrected chi connectivity index (χ4v) is 3.60. The standard InChI is InChI=1S/C21H25BrN4O2/c1-21(2,3)20(28)26-9-5-8-25(10-11-26)18-7-4-6-17(24-18)19(27)15-12-16(22)14-23-13-15/h4,6-7,12-14H,5,8-11H2,1-3H3. The molecule has 28 heavy (non-hydrogen) atoms. The second-order valence-electron chi connectivity index (χ2n) is 7.98. The van der Waals surface area contributed by atoms with Crippen LogP contribution in [0.5, 0.6) is 0 Å². The number of amides is 1. The van der Waals surface area contributed by atoms with Gasteiger partial charge in [0.05, 0.1) is 0 Å². The number of carbonyl (C=O) groups excluding carboxylic acids is 2. The average Bonchev–Trinajstić information content (AvgIpc) is 2.92. The molecule has 1 aliphatic heterocycles. The van der Waals surface area contributed by atoms with E-state index in [1.165, 1.54) is 0 Å². The summed E-state index contributed by atoms with van der Waals surface area (Å²) < 4.78 is 0.755. The molecule has 0 unspecified atom stereocenters.